The van der Waals surface area contributed by atoms with E-state index in [0.29, 0.717) is 5.92 Å². The van der Waals surface area contributed by atoms with Crippen molar-refractivity contribution in [2.45, 2.75) is 32.1 Å². The van der Waals surface area contributed by atoms with E-state index in [1.54, 1.807) is 0 Å². The third-order valence-electron chi connectivity index (χ3n) is 3.52. The molecule has 1 nitrogen and oxygen atoms in total. The Morgan fingerprint density at radius 1 is 1.29 bits per heavy atom. The fourth-order valence-electron chi connectivity index (χ4n) is 2.26. The number of halogens is 2. The van der Waals surface area contributed by atoms with Gasteiger partial charge in [-0.2, -0.15) is 0 Å². The number of benzene rings is 1. The molecule has 2 atom stereocenters. The normalized spacial score (nSPS) is 22.5. The molecular weight excluding hydrogens is 255 g/mol. The van der Waals surface area contributed by atoms with Gasteiger partial charge in [0.15, 0.2) is 0 Å². The van der Waals surface area contributed by atoms with Gasteiger partial charge in [-0.15, -0.1) is 11.6 Å². The van der Waals surface area contributed by atoms with E-state index in [0.717, 1.165) is 36.6 Å². The quantitative estimate of drug-likeness (QED) is 0.712. The summed E-state index contributed by atoms with van der Waals surface area (Å²) >= 11 is 12.8. The van der Waals surface area contributed by atoms with Gasteiger partial charge < -0.3 is 4.74 Å². The van der Waals surface area contributed by atoms with Crippen molar-refractivity contribution < 1.29 is 4.74 Å². The van der Waals surface area contributed by atoms with Crippen LogP contribution in [-0.2, 0) is 4.74 Å². The summed E-state index contributed by atoms with van der Waals surface area (Å²) in [5.41, 5.74) is 3.50. The smallest absolute Gasteiger partial charge is 0.0650 e. The molecule has 0 bridgehead atoms. The van der Waals surface area contributed by atoms with Gasteiger partial charge >= 0.3 is 0 Å². The third kappa shape index (κ3) is 2.96. The molecule has 2 unspecified atom stereocenters. The van der Waals surface area contributed by atoms with Crippen LogP contribution in [0.5, 0.6) is 0 Å². The van der Waals surface area contributed by atoms with Gasteiger partial charge in [0.05, 0.1) is 12.0 Å². The molecule has 1 aliphatic rings. The number of hydrogen-bond acceptors (Lipinski definition) is 1. The first kappa shape index (κ1) is 13.2. The van der Waals surface area contributed by atoms with Gasteiger partial charge in [-0.3, -0.25) is 0 Å². The average Bonchev–Trinajstić information content (AvgIpc) is 2.34. The predicted molar refractivity (Wildman–Crippen MR) is 73.1 cm³/mol. The molecule has 1 aliphatic heterocycles. The molecule has 1 heterocycles. The maximum atomic E-state index is 6.55. The molecule has 0 N–H and O–H groups in total. The van der Waals surface area contributed by atoms with Crippen LogP contribution in [0.1, 0.15) is 34.9 Å². The van der Waals surface area contributed by atoms with Crippen LogP contribution >= 0.6 is 23.2 Å². The maximum Gasteiger partial charge on any atom is 0.0650 e. The predicted octanol–water partition coefficient (Wildman–Crippen LogP) is 4.66. The van der Waals surface area contributed by atoms with Crippen molar-refractivity contribution in [2.75, 3.05) is 13.2 Å². The highest BCUT2D eigenvalue weighted by atomic mass is 35.5. The lowest BCUT2D eigenvalue weighted by Crippen LogP contribution is -2.21. The molecule has 0 aromatic heterocycles. The van der Waals surface area contributed by atoms with Gasteiger partial charge in [-0.05, 0) is 49.4 Å². The topological polar surface area (TPSA) is 9.23 Å². The Hall–Kier alpha value is -0.240. The molecule has 1 saturated heterocycles. The molecule has 1 aromatic rings. The lowest BCUT2D eigenvalue weighted by molar-refractivity contribution is 0.0531. The van der Waals surface area contributed by atoms with E-state index in [4.69, 9.17) is 27.9 Å². The van der Waals surface area contributed by atoms with Crippen LogP contribution in [0.15, 0.2) is 12.1 Å². The van der Waals surface area contributed by atoms with E-state index < -0.39 is 0 Å². The van der Waals surface area contributed by atoms with Crippen molar-refractivity contribution in [3.05, 3.63) is 33.8 Å². The van der Waals surface area contributed by atoms with Crippen LogP contribution in [0.2, 0.25) is 5.02 Å². The van der Waals surface area contributed by atoms with Crippen molar-refractivity contribution in [3.63, 3.8) is 0 Å². The number of ether oxygens (including phenoxy) is 1. The fourth-order valence-corrected chi connectivity index (χ4v) is 3.04. The molecule has 0 amide bonds. The standard InChI is InChI=1S/C14H18Cl2O/c1-9-6-12(13(15)7-10(9)2)14(16)11-4-3-5-17-8-11/h6-7,11,14H,3-5,8H2,1-2H3. The van der Waals surface area contributed by atoms with Crippen molar-refractivity contribution in [2.24, 2.45) is 5.92 Å². The zero-order chi connectivity index (χ0) is 12.4. The minimum Gasteiger partial charge on any atom is -0.381 e. The Balaban J connectivity index is 2.23. The van der Waals surface area contributed by atoms with Crippen molar-refractivity contribution in [3.8, 4) is 0 Å². The van der Waals surface area contributed by atoms with Crippen molar-refractivity contribution in [1.29, 1.82) is 0 Å². The molecule has 0 radical (unpaired) electrons. The van der Waals surface area contributed by atoms with E-state index in [9.17, 15) is 0 Å². The summed E-state index contributed by atoms with van der Waals surface area (Å²) in [5, 5.41) is 0.737. The average molecular weight is 273 g/mol. The summed E-state index contributed by atoms with van der Waals surface area (Å²) < 4.78 is 5.49. The Kier molecular flexibility index (Phi) is 4.35. The highest BCUT2D eigenvalue weighted by molar-refractivity contribution is 6.33. The summed E-state index contributed by atoms with van der Waals surface area (Å²) in [6, 6.07) is 4.12. The highest BCUT2D eigenvalue weighted by Gasteiger charge is 2.25. The Bertz CT molecular complexity index is 397. The summed E-state index contributed by atoms with van der Waals surface area (Å²) in [4.78, 5) is 0. The van der Waals surface area contributed by atoms with Crippen LogP contribution in [0.4, 0.5) is 0 Å². The monoisotopic (exact) mass is 272 g/mol. The Morgan fingerprint density at radius 2 is 2.00 bits per heavy atom. The number of hydrogen-bond donors (Lipinski definition) is 0. The maximum absolute atomic E-state index is 6.55. The largest absolute Gasteiger partial charge is 0.381 e. The zero-order valence-electron chi connectivity index (χ0n) is 10.3. The first-order valence-electron chi connectivity index (χ1n) is 6.08. The van der Waals surface area contributed by atoms with E-state index in [2.05, 4.69) is 19.9 Å². The van der Waals surface area contributed by atoms with Gasteiger partial charge in [-0.25, -0.2) is 0 Å². The molecule has 1 aromatic carbocycles. The Labute approximate surface area is 113 Å². The minimum absolute atomic E-state index is 0.0397. The summed E-state index contributed by atoms with van der Waals surface area (Å²) in [7, 11) is 0. The van der Waals surface area contributed by atoms with Crippen LogP contribution in [-0.4, -0.2) is 13.2 Å². The van der Waals surface area contributed by atoms with Gasteiger partial charge in [0, 0.05) is 17.5 Å². The number of aryl methyl sites for hydroxylation is 2. The molecule has 0 saturated carbocycles. The second kappa shape index (κ2) is 5.60. The van der Waals surface area contributed by atoms with Gasteiger partial charge in [0.2, 0.25) is 0 Å². The molecule has 3 heteroatoms. The fraction of sp³-hybridized carbons (Fsp3) is 0.571. The summed E-state index contributed by atoms with van der Waals surface area (Å²) in [6.45, 7) is 5.77. The van der Waals surface area contributed by atoms with Crippen LogP contribution in [0.25, 0.3) is 0 Å². The lowest BCUT2D eigenvalue weighted by atomic mass is 9.92. The first-order chi connectivity index (χ1) is 8.09. The first-order valence-corrected chi connectivity index (χ1v) is 6.89. The molecule has 1 fully saturated rings. The second-order valence-corrected chi connectivity index (χ2v) is 5.71. The molecular formula is C14H18Cl2O. The zero-order valence-corrected chi connectivity index (χ0v) is 11.8. The van der Waals surface area contributed by atoms with Crippen molar-refractivity contribution in [1.82, 2.24) is 0 Å². The Morgan fingerprint density at radius 3 is 2.65 bits per heavy atom. The van der Waals surface area contributed by atoms with Gasteiger partial charge in [0.25, 0.3) is 0 Å². The van der Waals surface area contributed by atoms with E-state index in [1.165, 1.54) is 11.1 Å². The molecule has 2 rings (SSSR count). The second-order valence-electron chi connectivity index (χ2n) is 4.84. The highest BCUT2D eigenvalue weighted by Crippen LogP contribution is 2.38. The number of alkyl halides is 1. The SMILES string of the molecule is Cc1cc(Cl)c(C(Cl)C2CCCOC2)cc1C. The molecule has 0 spiro atoms. The summed E-state index contributed by atoms with van der Waals surface area (Å²) in [5.74, 6) is 0.380. The number of rotatable bonds is 2. The molecule has 17 heavy (non-hydrogen) atoms. The summed E-state index contributed by atoms with van der Waals surface area (Å²) in [6.07, 6.45) is 2.22. The van der Waals surface area contributed by atoms with Crippen molar-refractivity contribution >= 4 is 23.2 Å². The van der Waals surface area contributed by atoms with Crippen LogP contribution in [0, 0.1) is 19.8 Å². The lowest BCUT2D eigenvalue weighted by Gasteiger charge is -2.27. The van der Waals surface area contributed by atoms with Gasteiger partial charge in [0.1, 0.15) is 0 Å². The van der Waals surface area contributed by atoms with Crippen LogP contribution in [0.3, 0.4) is 0 Å². The van der Waals surface area contributed by atoms with Gasteiger partial charge in [-0.1, -0.05) is 17.7 Å². The minimum atomic E-state index is -0.0397. The van der Waals surface area contributed by atoms with E-state index in [1.807, 2.05) is 6.07 Å². The molecule has 0 aliphatic carbocycles. The molecule has 94 valence electrons. The van der Waals surface area contributed by atoms with E-state index in [-0.39, 0.29) is 5.38 Å². The van der Waals surface area contributed by atoms with E-state index >= 15 is 0 Å². The third-order valence-corrected chi connectivity index (χ3v) is 4.44. The van der Waals surface area contributed by atoms with Crippen LogP contribution < -0.4 is 0 Å².